The Morgan fingerprint density at radius 3 is 2.44 bits per heavy atom. The molecule has 32 heavy (non-hydrogen) atoms. The summed E-state index contributed by atoms with van der Waals surface area (Å²) in [7, 11) is 1.48. The van der Waals surface area contributed by atoms with Gasteiger partial charge >= 0.3 is 6.18 Å². The Morgan fingerprint density at radius 2 is 1.72 bits per heavy atom. The molecule has 0 bridgehead atoms. The third-order valence-corrected chi connectivity index (χ3v) is 4.69. The third kappa shape index (κ3) is 4.56. The van der Waals surface area contributed by atoms with Gasteiger partial charge in [0.05, 0.1) is 18.2 Å². The number of nitrogens with zero attached hydrogens (tertiary/aromatic N) is 2. The van der Waals surface area contributed by atoms with Crippen molar-refractivity contribution in [2.75, 3.05) is 12.4 Å². The fourth-order valence-electron chi connectivity index (χ4n) is 3.13. The molecule has 1 heterocycles. The van der Waals surface area contributed by atoms with Crippen LogP contribution in [0.2, 0.25) is 0 Å². The van der Waals surface area contributed by atoms with E-state index in [9.17, 15) is 17.6 Å². The van der Waals surface area contributed by atoms with E-state index in [2.05, 4.69) is 15.3 Å². The monoisotopic (exact) mass is 443 g/mol. The number of benzene rings is 3. The molecular formula is C23H17F4N3O2. The summed E-state index contributed by atoms with van der Waals surface area (Å²) in [5.74, 6) is -0.254. The van der Waals surface area contributed by atoms with Gasteiger partial charge in [-0.1, -0.05) is 30.3 Å². The molecule has 9 heteroatoms. The topological polar surface area (TPSA) is 56.3 Å². The summed E-state index contributed by atoms with van der Waals surface area (Å²) in [5.41, 5.74) is 0.123. The lowest BCUT2D eigenvalue weighted by molar-refractivity contribution is -0.139. The molecule has 0 saturated carbocycles. The number of methoxy groups -OCH3 is 1. The highest BCUT2D eigenvalue weighted by molar-refractivity contribution is 5.93. The van der Waals surface area contributed by atoms with Gasteiger partial charge in [0.15, 0.2) is 11.5 Å². The number of anilines is 2. The quantitative estimate of drug-likeness (QED) is 0.364. The highest BCUT2D eigenvalue weighted by Crippen LogP contribution is 2.37. The zero-order valence-electron chi connectivity index (χ0n) is 16.8. The molecule has 0 aliphatic carbocycles. The molecule has 0 unspecified atom stereocenters. The van der Waals surface area contributed by atoms with E-state index in [0.29, 0.717) is 35.1 Å². The molecule has 0 radical (unpaired) electrons. The number of fused-ring (bicyclic) bond motifs is 1. The predicted octanol–water partition coefficient (Wildman–Crippen LogP) is 6.12. The predicted molar refractivity (Wildman–Crippen MR) is 112 cm³/mol. The molecule has 0 atom stereocenters. The molecule has 0 amide bonds. The maximum Gasteiger partial charge on any atom is 0.419 e. The molecular weight excluding hydrogens is 426 g/mol. The van der Waals surface area contributed by atoms with Crippen LogP contribution in [-0.2, 0) is 12.8 Å². The summed E-state index contributed by atoms with van der Waals surface area (Å²) in [5, 5.41) is 3.30. The van der Waals surface area contributed by atoms with Crippen LogP contribution in [0.5, 0.6) is 11.5 Å². The van der Waals surface area contributed by atoms with Gasteiger partial charge in [0.25, 0.3) is 0 Å². The van der Waals surface area contributed by atoms with Gasteiger partial charge in [0.1, 0.15) is 24.6 Å². The van der Waals surface area contributed by atoms with Crippen LogP contribution in [0.4, 0.5) is 29.1 Å². The zero-order chi connectivity index (χ0) is 22.7. The van der Waals surface area contributed by atoms with E-state index in [0.717, 1.165) is 11.6 Å². The van der Waals surface area contributed by atoms with E-state index >= 15 is 0 Å². The number of hydrogen-bond donors (Lipinski definition) is 1. The van der Waals surface area contributed by atoms with E-state index < -0.39 is 17.6 Å². The van der Waals surface area contributed by atoms with Crippen molar-refractivity contribution in [3.63, 3.8) is 0 Å². The first-order chi connectivity index (χ1) is 15.3. The summed E-state index contributed by atoms with van der Waals surface area (Å²) < 4.78 is 64.0. The van der Waals surface area contributed by atoms with Crippen LogP contribution in [0.3, 0.4) is 0 Å². The largest absolute Gasteiger partial charge is 0.493 e. The Morgan fingerprint density at radius 1 is 0.938 bits per heavy atom. The maximum absolute atomic E-state index is 13.6. The summed E-state index contributed by atoms with van der Waals surface area (Å²) in [6, 6.07) is 15.5. The Balaban J connectivity index is 1.67. The summed E-state index contributed by atoms with van der Waals surface area (Å²) in [6.07, 6.45) is -3.55. The van der Waals surface area contributed by atoms with Crippen molar-refractivity contribution in [3.8, 4) is 11.5 Å². The number of ether oxygens (including phenoxy) is 2. The molecule has 0 spiro atoms. The summed E-state index contributed by atoms with van der Waals surface area (Å²) in [4.78, 5) is 8.34. The van der Waals surface area contributed by atoms with Gasteiger partial charge in [-0.05, 0) is 29.8 Å². The Kier molecular flexibility index (Phi) is 5.81. The van der Waals surface area contributed by atoms with Crippen LogP contribution in [0.1, 0.15) is 11.1 Å². The molecule has 0 aliphatic rings. The SMILES string of the molecule is COc1cc2c(Nc3ccc(F)c(C(F)(F)F)c3)ncnc2cc1OCc1ccccc1. The van der Waals surface area contributed by atoms with Crippen LogP contribution >= 0.6 is 0 Å². The first-order valence-corrected chi connectivity index (χ1v) is 9.48. The van der Waals surface area contributed by atoms with Crippen LogP contribution in [-0.4, -0.2) is 17.1 Å². The standard InChI is InChI=1S/C23H17F4N3O2/c1-31-20-10-16-19(11-21(20)32-12-14-5-3-2-4-6-14)28-13-29-22(16)30-15-7-8-18(24)17(9-15)23(25,26)27/h2-11,13H,12H2,1H3,(H,28,29,30). The molecule has 0 fully saturated rings. The maximum atomic E-state index is 13.6. The number of hydrogen-bond acceptors (Lipinski definition) is 5. The molecule has 0 aliphatic heterocycles. The second kappa shape index (κ2) is 8.70. The van der Waals surface area contributed by atoms with Crippen molar-refractivity contribution >= 4 is 22.4 Å². The first kappa shape index (κ1) is 21.4. The minimum Gasteiger partial charge on any atom is -0.493 e. The first-order valence-electron chi connectivity index (χ1n) is 9.48. The van der Waals surface area contributed by atoms with Crippen LogP contribution in [0.25, 0.3) is 10.9 Å². The molecule has 4 rings (SSSR count). The third-order valence-electron chi connectivity index (χ3n) is 4.69. The molecule has 0 saturated heterocycles. The van der Waals surface area contributed by atoms with Gasteiger partial charge in [0, 0.05) is 17.1 Å². The Labute approximate surface area is 180 Å². The number of halogens is 4. The van der Waals surface area contributed by atoms with Crippen molar-refractivity contribution < 1.29 is 27.0 Å². The highest BCUT2D eigenvalue weighted by Gasteiger charge is 2.34. The van der Waals surface area contributed by atoms with E-state index in [-0.39, 0.29) is 11.5 Å². The van der Waals surface area contributed by atoms with Crippen LogP contribution < -0.4 is 14.8 Å². The number of rotatable bonds is 6. The van der Waals surface area contributed by atoms with E-state index in [1.54, 1.807) is 12.1 Å². The molecule has 4 aromatic rings. The Bertz CT molecular complexity index is 1250. The van der Waals surface area contributed by atoms with Gasteiger partial charge in [-0.15, -0.1) is 0 Å². The molecule has 1 aromatic heterocycles. The molecule has 5 nitrogen and oxygen atoms in total. The zero-order valence-corrected chi connectivity index (χ0v) is 16.8. The highest BCUT2D eigenvalue weighted by atomic mass is 19.4. The Hall–Kier alpha value is -3.88. The smallest absolute Gasteiger partial charge is 0.419 e. The van der Waals surface area contributed by atoms with Crippen molar-refractivity contribution in [1.29, 1.82) is 0 Å². The summed E-state index contributed by atoms with van der Waals surface area (Å²) >= 11 is 0. The van der Waals surface area contributed by atoms with Gasteiger partial charge < -0.3 is 14.8 Å². The van der Waals surface area contributed by atoms with Gasteiger partial charge in [-0.25, -0.2) is 14.4 Å². The normalized spacial score (nSPS) is 11.4. The average Bonchev–Trinajstić information content (AvgIpc) is 2.78. The minimum atomic E-state index is -4.82. The fraction of sp³-hybridized carbons (Fsp3) is 0.130. The van der Waals surface area contributed by atoms with Crippen molar-refractivity contribution in [3.05, 3.63) is 83.9 Å². The lowest BCUT2D eigenvalue weighted by Gasteiger charge is -2.15. The molecule has 1 N–H and O–H groups in total. The fourth-order valence-corrected chi connectivity index (χ4v) is 3.13. The average molecular weight is 443 g/mol. The summed E-state index contributed by atoms with van der Waals surface area (Å²) in [6.45, 7) is 0.314. The second-order valence-corrected chi connectivity index (χ2v) is 6.83. The van der Waals surface area contributed by atoms with Crippen LogP contribution in [0.15, 0.2) is 67.0 Å². The van der Waals surface area contributed by atoms with Gasteiger partial charge in [-0.3, -0.25) is 0 Å². The molecule has 3 aromatic carbocycles. The van der Waals surface area contributed by atoms with Gasteiger partial charge in [0.2, 0.25) is 0 Å². The number of aromatic nitrogens is 2. The van der Waals surface area contributed by atoms with Crippen LogP contribution in [0, 0.1) is 5.82 Å². The number of nitrogens with one attached hydrogen (secondary N) is 1. The van der Waals surface area contributed by atoms with E-state index in [1.807, 2.05) is 30.3 Å². The molecule has 164 valence electrons. The van der Waals surface area contributed by atoms with Crippen molar-refractivity contribution in [2.45, 2.75) is 12.8 Å². The van der Waals surface area contributed by atoms with Gasteiger partial charge in [-0.2, -0.15) is 13.2 Å². The lowest BCUT2D eigenvalue weighted by Crippen LogP contribution is -2.09. The van der Waals surface area contributed by atoms with Crippen molar-refractivity contribution in [1.82, 2.24) is 9.97 Å². The van der Waals surface area contributed by atoms with E-state index in [4.69, 9.17) is 9.47 Å². The van der Waals surface area contributed by atoms with E-state index in [1.165, 1.54) is 19.5 Å². The minimum absolute atomic E-state index is 0.0297. The lowest BCUT2D eigenvalue weighted by atomic mass is 10.1. The second-order valence-electron chi connectivity index (χ2n) is 6.83. The van der Waals surface area contributed by atoms with Crippen molar-refractivity contribution in [2.24, 2.45) is 0 Å². The number of alkyl halides is 3.